The molecule has 0 spiro atoms. The number of alkyl halides is 3. The van der Waals surface area contributed by atoms with Crippen molar-refractivity contribution < 1.29 is 27.5 Å². The van der Waals surface area contributed by atoms with Crippen molar-refractivity contribution in [1.82, 2.24) is 0 Å². The second kappa shape index (κ2) is 5.26. The Kier molecular flexibility index (Phi) is 4.26. The number of carbonyl (C=O) groups excluding carboxylic acids is 2. The number of nitrogens with two attached hydrogens (primary N) is 1. The molecule has 0 radical (unpaired) electrons. The van der Waals surface area contributed by atoms with Gasteiger partial charge in [-0.2, -0.15) is 13.2 Å². The third-order valence-corrected chi connectivity index (χ3v) is 3.29. The Morgan fingerprint density at radius 3 is 2.40 bits per heavy atom. The summed E-state index contributed by atoms with van der Waals surface area (Å²) in [5, 5.41) is 7.81. The third-order valence-electron chi connectivity index (χ3n) is 3.29. The molecule has 1 rings (SSSR count). The summed E-state index contributed by atoms with van der Waals surface area (Å²) in [5.74, 6) is -2.42. The van der Waals surface area contributed by atoms with Crippen molar-refractivity contribution in [3.05, 3.63) is 11.1 Å². The fraction of sp³-hybridized carbons (Fsp3) is 0.583. The summed E-state index contributed by atoms with van der Waals surface area (Å²) < 4.78 is 43.3. The average Bonchev–Trinajstić information content (AvgIpc) is 2.57. The van der Waals surface area contributed by atoms with Crippen LogP contribution >= 0.6 is 0 Å². The van der Waals surface area contributed by atoms with Gasteiger partial charge in [-0.25, -0.2) is 0 Å². The van der Waals surface area contributed by atoms with Gasteiger partial charge in [-0.1, -0.05) is 0 Å². The molecule has 1 amide bonds. The number of hydrogen-bond donors (Lipinski definition) is 2. The molecule has 1 aliphatic rings. The van der Waals surface area contributed by atoms with Crippen LogP contribution in [0.3, 0.4) is 0 Å². The molecule has 8 heteroatoms. The number of hydrogen-bond acceptors (Lipinski definition) is 4. The van der Waals surface area contributed by atoms with Gasteiger partial charge in [0.15, 0.2) is 0 Å². The van der Waals surface area contributed by atoms with Gasteiger partial charge in [0.1, 0.15) is 11.0 Å². The van der Waals surface area contributed by atoms with E-state index in [0.717, 1.165) is 0 Å². The molecular formula is C12H15F3N2O3. The van der Waals surface area contributed by atoms with Gasteiger partial charge < -0.3 is 15.9 Å². The summed E-state index contributed by atoms with van der Waals surface area (Å²) in [6, 6.07) is 0. The monoisotopic (exact) mass is 292 g/mol. The van der Waals surface area contributed by atoms with Crippen LogP contribution in [0.5, 0.6) is 0 Å². The maximum Gasteiger partial charge on any atom is 0.422 e. The molecule has 1 saturated carbocycles. The van der Waals surface area contributed by atoms with Gasteiger partial charge in [0.05, 0.1) is 12.3 Å². The highest BCUT2D eigenvalue weighted by Crippen LogP contribution is 2.43. The fourth-order valence-corrected chi connectivity index (χ4v) is 2.16. The van der Waals surface area contributed by atoms with Gasteiger partial charge in [0, 0.05) is 0 Å². The quantitative estimate of drug-likeness (QED) is 0.612. The number of allylic oxidation sites excluding steroid dienone is 1. The zero-order valence-corrected chi connectivity index (χ0v) is 11.1. The molecule has 0 aliphatic heterocycles. The highest BCUT2D eigenvalue weighted by atomic mass is 19.4. The number of primary amides is 1. The molecule has 1 aliphatic carbocycles. The molecule has 0 heterocycles. The number of rotatable bonds is 3. The fourth-order valence-electron chi connectivity index (χ4n) is 2.16. The zero-order chi connectivity index (χ0) is 15.7. The van der Waals surface area contributed by atoms with Gasteiger partial charge in [-0.05, 0) is 32.3 Å². The molecule has 0 aromatic heterocycles. The first kappa shape index (κ1) is 16.2. The number of esters is 1. The maximum atomic E-state index is 12.8. The van der Waals surface area contributed by atoms with Crippen LogP contribution in [0, 0.1) is 10.8 Å². The van der Waals surface area contributed by atoms with Crippen LogP contribution in [0.15, 0.2) is 11.1 Å². The normalized spacial score (nSPS) is 25.6. The van der Waals surface area contributed by atoms with Gasteiger partial charge >= 0.3 is 12.1 Å². The number of halogens is 3. The molecule has 0 aromatic carbocycles. The van der Waals surface area contributed by atoms with E-state index in [1.165, 1.54) is 6.92 Å². The minimum Gasteiger partial charge on any atom is -0.465 e. The van der Waals surface area contributed by atoms with Crippen LogP contribution in [0.25, 0.3) is 0 Å². The lowest BCUT2D eigenvalue weighted by Gasteiger charge is -2.21. The highest BCUT2D eigenvalue weighted by molar-refractivity contribution is 6.18. The molecule has 0 aromatic rings. The first-order valence-corrected chi connectivity index (χ1v) is 5.92. The van der Waals surface area contributed by atoms with Crippen molar-refractivity contribution in [1.29, 1.82) is 5.41 Å². The van der Waals surface area contributed by atoms with Crippen molar-refractivity contribution >= 4 is 17.6 Å². The molecule has 1 fully saturated rings. The van der Waals surface area contributed by atoms with E-state index >= 15 is 0 Å². The maximum absolute atomic E-state index is 12.8. The van der Waals surface area contributed by atoms with Crippen LogP contribution in [-0.2, 0) is 14.3 Å². The lowest BCUT2D eigenvalue weighted by Crippen LogP contribution is -2.35. The number of amides is 1. The second-order valence-electron chi connectivity index (χ2n) is 4.64. The molecule has 1 atom stereocenters. The Hall–Kier alpha value is -1.86. The lowest BCUT2D eigenvalue weighted by molar-refractivity contribution is -0.150. The molecule has 3 N–H and O–H groups in total. The minimum atomic E-state index is -4.95. The lowest BCUT2D eigenvalue weighted by atomic mass is 9.86. The summed E-state index contributed by atoms with van der Waals surface area (Å²) in [7, 11) is 0. The Morgan fingerprint density at radius 2 is 2.00 bits per heavy atom. The van der Waals surface area contributed by atoms with Gasteiger partial charge in [0.2, 0.25) is 0 Å². The highest BCUT2D eigenvalue weighted by Gasteiger charge is 2.50. The molecule has 0 bridgehead atoms. The minimum absolute atomic E-state index is 0.0210. The molecule has 0 saturated heterocycles. The second-order valence-corrected chi connectivity index (χ2v) is 4.64. The van der Waals surface area contributed by atoms with E-state index in [2.05, 4.69) is 0 Å². The smallest absolute Gasteiger partial charge is 0.422 e. The van der Waals surface area contributed by atoms with Crippen molar-refractivity contribution in [2.24, 2.45) is 11.1 Å². The van der Waals surface area contributed by atoms with Gasteiger partial charge in [-0.15, -0.1) is 0 Å². The number of carbonyl (C=O) groups is 2. The van der Waals surface area contributed by atoms with Crippen LogP contribution in [0.2, 0.25) is 0 Å². The molecule has 5 nitrogen and oxygen atoms in total. The van der Waals surface area contributed by atoms with E-state index in [1.807, 2.05) is 0 Å². The summed E-state index contributed by atoms with van der Waals surface area (Å²) in [5.41, 5.74) is 0.643. The van der Waals surface area contributed by atoms with Crippen LogP contribution in [0.4, 0.5) is 13.2 Å². The Morgan fingerprint density at radius 1 is 1.45 bits per heavy atom. The van der Waals surface area contributed by atoms with E-state index in [1.54, 1.807) is 6.92 Å². The molecular weight excluding hydrogens is 277 g/mol. The van der Waals surface area contributed by atoms with Crippen molar-refractivity contribution in [2.45, 2.75) is 32.9 Å². The topological polar surface area (TPSA) is 93.2 Å². The van der Waals surface area contributed by atoms with E-state index < -0.39 is 40.3 Å². The van der Waals surface area contributed by atoms with Crippen LogP contribution < -0.4 is 5.73 Å². The molecule has 112 valence electrons. The average molecular weight is 292 g/mol. The Labute approximate surface area is 113 Å². The van der Waals surface area contributed by atoms with Gasteiger partial charge in [0.25, 0.3) is 5.91 Å². The zero-order valence-electron chi connectivity index (χ0n) is 11.1. The predicted molar refractivity (Wildman–Crippen MR) is 64.0 cm³/mol. The van der Waals surface area contributed by atoms with E-state index in [4.69, 9.17) is 15.9 Å². The predicted octanol–water partition coefficient (Wildman–Crippen LogP) is 1.71. The SMILES string of the molecule is CCOC(=O)C1(C)CC/C(=C(/C(N)=O)C(F)(F)F)C1=N. The molecule has 1 unspecified atom stereocenters. The first-order valence-electron chi connectivity index (χ1n) is 5.92. The summed E-state index contributed by atoms with van der Waals surface area (Å²) in [6.45, 7) is 2.94. The van der Waals surface area contributed by atoms with Crippen molar-refractivity contribution in [3.63, 3.8) is 0 Å². The Balaban J connectivity index is 3.29. The summed E-state index contributed by atoms with van der Waals surface area (Å²) in [6.07, 6.45) is -5.19. The van der Waals surface area contributed by atoms with Crippen LogP contribution in [0.1, 0.15) is 26.7 Å². The number of ether oxygens (including phenoxy) is 1. The van der Waals surface area contributed by atoms with E-state index in [-0.39, 0.29) is 19.4 Å². The summed E-state index contributed by atoms with van der Waals surface area (Å²) >= 11 is 0. The first-order chi connectivity index (χ1) is 9.05. The van der Waals surface area contributed by atoms with Crippen molar-refractivity contribution in [3.8, 4) is 0 Å². The van der Waals surface area contributed by atoms with Gasteiger partial charge in [-0.3, -0.25) is 9.59 Å². The third kappa shape index (κ3) is 2.68. The molecule has 20 heavy (non-hydrogen) atoms. The largest absolute Gasteiger partial charge is 0.465 e. The van der Waals surface area contributed by atoms with E-state index in [9.17, 15) is 22.8 Å². The standard InChI is InChI=1S/C12H15F3N2O3/c1-3-20-10(19)11(2)5-4-6(8(11)16)7(9(17)18)12(13,14)15/h16H,3-5H2,1-2H3,(H2,17,18)/b7-6+,16-8?. The van der Waals surface area contributed by atoms with E-state index in [0.29, 0.717) is 0 Å². The number of nitrogens with one attached hydrogen (secondary N) is 1. The summed E-state index contributed by atoms with van der Waals surface area (Å²) in [4.78, 5) is 22.8. The van der Waals surface area contributed by atoms with Crippen LogP contribution in [-0.4, -0.2) is 30.4 Å². The van der Waals surface area contributed by atoms with Crippen molar-refractivity contribution in [2.75, 3.05) is 6.61 Å². The Bertz CT molecular complexity index is 497.